The molecule has 3 aromatic rings. The van der Waals surface area contributed by atoms with Gasteiger partial charge in [0.05, 0.1) is 22.7 Å². The lowest BCUT2D eigenvalue weighted by Gasteiger charge is -2.12. The summed E-state index contributed by atoms with van der Waals surface area (Å²) in [6.07, 6.45) is 1.38. The van der Waals surface area contributed by atoms with Gasteiger partial charge < -0.3 is 14.8 Å². The monoisotopic (exact) mass is 541 g/mol. The highest BCUT2D eigenvalue weighted by atomic mass is 79.9. The van der Waals surface area contributed by atoms with Gasteiger partial charge in [0.25, 0.3) is 11.6 Å². The van der Waals surface area contributed by atoms with Gasteiger partial charge in [0, 0.05) is 16.6 Å². The molecule has 8 nitrogen and oxygen atoms in total. The number of nitrogens with one attached hydrogen (secondary N) is 1. The number of anilines is 1. The first-order valence-corrected chi connectivity index (χ1v) is 10.9. The molecule has 0 unspecified atom stereocenters. The summed E-state index contributed by atoms with van der Waals surface area (Å²) in [5, 5.41) is 22.8. The summed E-state index contributed by atoms with van der Waals surface area (Å²) in [6, 6.07) is 18.2. The van der Waals surface area contributed by atoms with Crippen molar-refractivity contribution < 1.29 is 19.2 Å². The van der Waals surface area contributed by atoms with Crippen molar-refractivity contribution in [2.24, 2.45) is 0 Å². The average Bonchev–Trinajstić information content (AvgIpc) is 2.83. The van der Waals surface area contributed by atoms with Gasteiger partial charge in [-0.15, -0.1) is 0 Å². The fourth-order valence-corrected chi connectivity index (χ4v) is 3.35. The first kappa shape index (κ1) is 24.8. The Kier molecular flexibility index (Phi) is 8.24. The van der Waals surface area contributed by atoms with Gasteiger partial charge in [-0.25, -0.2) is 0 Å². The standard InChI is InChI=1S/C24H17BrClN3O5/c1-33-23-11-16(4-9-22(23)34-14-15-2-5-18(25)6-3-15)10-17(13-27)24(30)28-21-8-7-19(29(31)32)12-20(21)26/h2-12H,14H2,1H3,(H,28,30). The van der Waals surface area contributed by atoms with Gasteiger partial charge in [0.15, 0.2) is 11.5 Å². The summed E-state index contributed by atoms with van der Waals surface area (Å²) in [7, 11) is 1.49. The molecule has 0 radical (unpaired) electrons. The molecule has 1 amide bonds. The lowest BCUT2D eigenvalue weighted by molar-refractivity contribution is -0.384. The maximum absolute atomic E-state index is 12.6. The number of nitro groups is 1. The predicted molar refractivity (Wildman–Crippen MR) is 132 cm³/mol. The Morgan fingerprint density at radius 1 is 1.18 bits per heavy atom. The molecule has 0 fully saturated rings. The van der Waals surface area contributed by atoms with E-state index in [0.29, 0.717) is 23.7 Å². The van der Waals surface area contributed by atoms with E-state index in [-0.39, 0.29) is 22.0 Å². The molecule has 0 spiro atoms. The minimum Gasteiger partial charge on any atom is -0.493 e. The second-order valence-electron chi connectivity index (χ2n) is 6.87. The van der Waals surface area contributed by atoms with Crippen LogP contribution in [0.4, 0.5) is 11.4 Å². The number of nitrogens with zero attached hydrogens (tertiary/aromatic N) is 2. The molecule has 3 aromatic carbocycles. The van der Waals surface area contributed by atoms with E-state index in [1.807, 2.05) is 30.3 Å². The van der Waals surface area contributed by atoms with Gasteiger partial charge in [0.2, 0.25) is 0 Å². The number of methoxy groups -OCH3 is 1. The number of amides is 1. The number of carbonyl (C=O) groups is 1. The Balaban J connectivity index is 1.75. The van der Waals surface area contributed by atoms with Crippen LogP contribution in [0.2, 0.25) is 5.02 Å². The summed E-state index contributed by atoms with van der Waals surface area (Å²) in [4.78, 5) is 22.8. The van der Waals surface area contributed by atoms with Crippen LogP contribution in [0.5, 0.6) is 11.5 Å². The van der Waals surface area contributed by atoms with Gasteiger partial charge in [0.1, 0.15) is 18.2 Å². The molecule has 0 atom stereocenters. The van der Waals surface area contributed by atoms with Crippen LogP contribution in [0.1, 0.15) is 11.1 Å². The second kappa shape index (κ2) is 11.3. The molecule has 0 aliphatic heterocycles. The second-order valence-corrected chi connectivity index (χ2v) is 8.19. The van der Waals surface area contributed by atoms with Crippen LogP contribution in [-0.4, -0.2) is 17.9 Å². The van der Waals surface area contributed by atoms with Crippen LogP contribution in [0.15, 0.2) is 70.7 Å². The number of benzene rings is 3. The number of ether oxygens (including phenoxy) is 2. The molecule has 0 heterocycles. The molecule has 0 aliphatic carbocycles. The van der Waals surface area contributed by atoms with Crippen LogP contribution in [-0.2, 0) is 11.4 Å². The molecule has 172 valence electrons. The minimum atomic E-state index is -0.715. The maximum atomic E-state index is 12.6. The fraction of sp³-hybridized carbons (Fsp3) is 0.0833. The lowest BCUT2D eigenvalue weighted by Crippen LogP contribution is -2.13. The van der Waals surface area contributed by atoms with Crippen molar-refractivity contribution in [1.82, 2.24) is 0 Å². The SMILES string of the molecule is COc1cc(C=C(C#N)C(=O)Nc2ccc([N+](=O)[O-])cc2Cl)ccc1OCc1ccc(Br)cc1. The maximum Gasteiger partial charge on any atom is 0.271 e. The van der Waals surface area contributed by atoms with Gasteiger partial charge in [-0.2, -0.15) is 5.26 Å². The molecule has 0 saturated heterocycles. The molecule has 0 aromatic heterocycles. The van der Waals surface area contributed by atoms with E-state index in [0.717, 1.165) is 16.1 Å². The summed E-state index contributed by atoms with van der Waals surface area (Å²) < 4.78 is 12.2. The highest BCUT2D eigenvalue weighted by Crippen LogP contribution is 2.30. The number of nitro benzene ring substituents is 1. The number of nitriles is 1. The van der Waals surface area contributed by atoms with Crippen molar-refractivity contribution in [3.05, 3.63) is 97.0 Å². The van der Waals surface area contributed by atoms with Crippen molar-refractivity contribution in [3.8, 4) is 17.6 Å². The van der Waals surface area contributed by atoms with Gasteiger partial charge >= 0.3 is 0 Å². The number of hydrogen-bond acceptors (Lipinski definition) is 6. The van der Waals surface area contributed by atoms with E-state index >= 15 is 0 Å². The molecule has 34 heavy (non-hydrogen) atoms. The van der Waals surface area contributed by atoms with Crippen molar-refractivity contribution >= 4 is 50.9 Å². The highest BCUT2D eigenvalue weighted by Gasteiger charge is 2.15. The largest absolute Gasteiger partial charge is 0.493 e. The zero-order valence-corrected chi connectivity index (χ0v) is 20.1. The number of rotatable bonds is 8. The van der Waals surface area contributed by atoms with Crippen molar-refractivity contribution in [2.75, 3.05) is 12.4 Å². The molecule has 0 aliphatic rings. The third-order valence-electron chi connectivity index (χ3n) is 4.58. The quantitative estimate of drug-likeness (QED) is 0.158. The van der Waals surface area contributed by atoms with E-state index in [9.17, 15) is 20.2 Å². The summed E-state index contributed by atoms with van der Waals surface area (Å²) in [5.74, 6) is 0.220. The Morgan fingerprint density at radius 3 is 2.53 bits per heavy atom. The van der Waals surface area contributed by atoms with Crippen LogP contribution in [0.3, 0.4) is 0 Å². The lowest BCUT2D eigenvalue weighted by atomic mass is 10.1. The molecule has 3 rings (SSSR count). The third-order valence-corrected chi connectivity index (χ3v) is 5.42. The zero-order valence-electron chi connectivity index (χ0n) is 17.7. The van der Waals surface area contributed by atoms with E-state index < -0.39 is 10.8 Å². The number of carbonyl (C=O) groups excluding carboxylic acids is 1. The van der Waals surface area contributed by atoms with Crippen molar-refractivity contribution in [3.63, 3.8) is 0 Å². The molecule has 1 N–H and O–H groups in total. The third kappa shape index (κ3) is 6.34. The molecule has 0 saturated carbocycles. The number of hydrogen-bond donors (Lipinski definition) is 1. The van der Waals surface area contributed by atoms with Crippen LogP contribution < -0.4 is 14.8 Å². The normalized spacial score (nSPS) is 10.8. The fourth-order valence-electron chi connectivity index (χ4n) is 2.86. The smallest absolute Gasteiger partial charge is 0.271 e. The van der Waals surface area contributed by atoms with Crippen LogP contribution in [0, 0.1) is 21.4 Å². The summed E-state index contributed by atoms with van der Waals surface area (Å²) in [6.45, 7) is 0.334. The molecular formula is C24H17BrClN3O5. The number of halogens is 2. The van der Waals surface area contributed by atoms with E-state index in [1.54, 1.807) is 18.2 Å². The van der Waals surface area contributed by atoms with Gasteiger partial charge in [-0.3, -0.25) is 14.9 Å². The van der Waals surface area contributed by atoms with E-state index in [2.05, 4.69) is 21.2 Å². The average molecular weight is 543 g/mol. The minimum absolute atomic E-state index is 0.0196. The van der Waals surface area contributed by atoms with Crippen molar-refractivity contribution in [1.29, 1.82) is 5.26 Å². The highest BCUT2D eigenvalue weighted by molar-refractivity contribution is 9.10. The van der Waals surface area contributed by atoms with Crippen LogP contribution >= 0.6 is 27.5 Å². The Hall–Kier alpha value is -3.87. The Morgan fingerprint density at radius 2 is 1.91 bits per heavy atom. The Bertz CT molecular complexity index is 1300. The van der Waals surface area contributed by atoms with Crippen LogP contribution in [0.25, 0.3) is 6.08 Å². The molecule has 10 heteroatoms. The van der Waals surface area contributed by atoms with Gasteiger partial charge in [-0.05, 0) is 47.5 Å². The van der Waals surface area contributed by atoms with E-state index in [4.69, 9.17) is 21.1 Å². The topological polar surface area (TPSA) is 114 Å². The number of non-ortho nitro benzene ring substituents is 1. The first-order valence-electron chi connectivity index (χ1n) is 9.73. The summed E-state index contributed by atoms with van der Waals surface area (Å²) >= 11 is 9.40. The zero-order chi connectivity index (χ0) is 24.7. The van der Waals surface area contributed by atoms with Gasteiger partial charge in [-0.1, -0.05) is 45.7 Å². The Labute approximate surface area is 208 Å². The predicted octanol–water partition coefficient (Wildman–Crippen LogP) is 6.14. The van der Waals surface area contributed by atoms with E-state index in [1.165, 1.54) is 25.3 Å². The molecule has 0 bridgehead atoms. The first-order chi connectivity index (χ1) is 16.3. The molecular weight excluding hydrogens is 526 g/mol. The summed E-state index contributed by atoms with van der Waals surface area (Å²) in [5.41, 5.74) is 1.25. The van der Waals surface area contributed by atoms with Crippen molar-refractivity contribution in [2.45, 2.75) is 6.61 Å².